The van der Waals surface area contributed by atoms with Crippen molar-refractivity contribution < 1.29 is 9.59 Å². The molecule has 0 radical (unpaired) electrons. The molecule has 0 aromatic rings. The molecule has 0 aromatic carbocycles. The highest BCUT2D eigenvalue weighted by Crippen LogP contribution is 2.56. The average Bonchev–Trinajstić information content (AvgIpc) is 2.12. The summed E-state index contributed by atoms with van der Waals surface area (Å²) in [7, 11) is 4.62. The predicted octanol–water partition coefficient (Wildman–Crippen LogP) is 3.05. The Morgan fingerprint density at radius 1 is 1.17 bits per heavy atom. The molecule has 1 N–H and O–H groups in total. The first kappa shape index (κ1) is 14.3. The molecule has 0 aliphatic heterocycles. The Hall–Kier alpha value is -0.0800. The molecule has 2 aliphatic rings. The van der Waals surface area contributed by atoms with Crippen LogP contribution in [0.1, 0.15) is 52.9 Å². The number of quaternary nitrogens is 1. The van der Waals surface area contributed by atoms with Crippen LogP contribution in [-0.2, 0) is 0 Å². The lowest BCUT2D eigenvalue weighted by Crippen LogP contribution is -2.64. The molecule has 2 saturated carbocycles. The molecule has 106 valence electrons. The first-order chi connectivity index (χ1) is 8.20. The third kappa shape index (κ3) is 2.46. The van der Waals surface area contributed by atoms with Crippen LogP contribution in [-0.4, -0.2) is 42.4 Å². The number of rotatable bonds is 3. The standard InChI is InChI=1S/C16H32NO/c1-13-8-14-10-15(2,9-13)12-16(3,11-14)17(4,5)6-7-18/h13-14,18H,6-12H2,1-5H3/q+1. The second-order valence-corrected chi connectivity index (χ2v) is 8.44. The number of nitrogens with zero attached hydrogens (tertiary/aromatic N) is 1. The molecular weight excluding hydrogens is 222 g/mol. The highest BCUT2D eigenvalue weighted by molar-refractivity contribution is 4.99. The number of hydrogen-bond donors (Lipinski definition) is 1. The fourth-order valence-electron chi connectivity index (χ4n) is 5.25. The van der Waals surface area contributed by atoms with Crippen LogP contribution in [0.4, 0.5) is 0 Å². The third-order valence-electron chi connectivity index (χ3n) is 6.01. The number of aliphatic hydroxyl groups is 1. The molecule has 18 heavy (non-hydrogen) atoms. The van der Waals surface area contributed by atoms with Gasteiger partial charge in [0.05, 0.1) is 26.2 Å². The van der Waals surface area contributed by atoms with Crippen molar-refractivity contribution >= 4 is 0 Å². The minimum Gasteiger partial charge on any atom is -0.391 e. The van der Waals surface area contributed by atoms with E-state index in [2.05, 4.69) is 34.9 Å². The van der Waals surface area contributed by atoms with Crippen molar-refractivity contribution in [2.45, 2.75) is 58.4 Å². The van der Waals surface area contributed by atoms with E-state index < -0.39 is 0 Å². The van der Waals surface area contributed by atoms with Crippen molar-refractivity contribution in [1.82, 2.24) is 0 Å². The highest BCUT2D eigenvalue weighted by atomic mass is 16.3. The van der Waals surface area contributed by atoms with Crippen molar-refractivity contribution in [3.05, 3.63) is 0 Å². The summed E-state index contributed by atoms with van der Waals surface area (Å²) in [6.07, 6.45) is 6.93. The van der Waals surface area contributed by atoms with Gasteiger partial charge in [-0.2, -0.15) is 0 Å². The van der Waals surface area contributed by atoms with Crippen LogP contribution >= 0.6 is 0 Å². The molecule has 0 spiro atoms. The Morgan fingerprint density at radius 2 is 1.83 bits per heavy atom. The van der Waals surface area contributed by atoms with Gasteiger partial charge >= 0.3 is 0 Å². The fourth-order valence-corrected chi connectivity index (χ4v) is 5.25. The van der Waals surface area contributed by atoms with Gasteiger partial charge in [0.25, 0.3) is 0 Å². The second kappa shape index (κ2) is 4.49. The summed E-state index contributed by atoms with van der Waals surface area (Å²) in [6, 6.07) is 0. The van der Waals surface area contributed by atoms with Gasteiger partial charge in [-0.1, -0.05) is 13.8 Å². The molecule has 4 atom stereocenters. The van der Waals surface area contributed by atoms with Gasteiger partial charge in [0.1, 0.15) is 6.54 Å². The van der Waals surface area contributed by atoms with Gasteiger partial charge in [0, 0.05) is 12.8 Å². The van der Waals surface area contributed by atoms with Gasteiger partial charge in [-0.3, -0.25) is 0 Å². The number of hydrogen-bond acceptors (Lipinski definition) is 1. The third-order valence-corrected chi connectivity index (χ3v) is 6.01. The monoisotopic (exact) mass is 254 g/mol. The van der Waals surface area contributed by atoms with E-state index in [1.807, 2.05) is 0 Å². The van der Waals surface area contributed by atoms with Gasteiger partial charge < -0.3 is 9.59 Å². The lowest BCUT2D eigenvalue weighted by molar-refractivity contribution is -0.943. The maximum absolute atomic E-state index is 9.34. The molecule has 2 rings (SSSR count). The molecule has 0 heterocycles. The summed E-state index contributed by atoms with van der Waals surface area (Å²) in [4.78, 5) is 0. The maximum Gasteiger partial charge on any atom is 0.102 e. The summed E-state index contributed by atoms with van der Waals surface area (Å²) >= 11 is 0. The van der Waals surface area contributed by atoms with Gasteiger partial charge in [-0.05, 0) is 43.4 Å². The van der Waals surface area contributed by atoms with Crippen LogP contribution in [0, 0.1) is 17.3 Å². The predicted molar refractivity (Wildman–Crippen MR) is 76.3 cm³/mol. The van der Waals surface area contributed by atoms with E-state index in [-0.39, 0.29) is 0 Å². The molecule has 2 aliphatic carbocycles. The first-order valence-corrected chi connectivity index (χ1v) is 7.64. The van der Waals surface area contributed by atoms with Crippen LogP contribution in [0.5, 0.6) is 0 Å². The first-order valence-electron chi connectivity index (χ1n) is 7.64. The van der Waals surface area contributed by atoms with E-state index >= 15 is 0 Å². The van der Waals surface area contributed by atoms with Crippen molar-refractivity contribution in [2.24, 2.45) is 17.3 Å². The van der Waals surface area contributed by atoms with Crippen molar-refractivity contribution in [2.75, 3.05) is 27.2 Å². The molecule has 2 bridgehead atoms. The number of likely N-dealkylation sites (N-methyl/N-ethyl adjacent to an activating group) is 1. The highest BCUT2D eigenvalue weighted by Gasteiger charge is 2.53. The Morgan fingerprint density at radius 3 is 2.39 bits per heavy atom. The topological polar surface area (TPSA) is 20.2 Å². The zero-order valence-electron chi connectivity index (χ0n) is 13.0. The SMILES string of the molecule is CC1CC2CC(C)(C1)CC(C)([N+](C)(C)CCO)C2. The van der Waals surface area contributed by atoms with E-state index in [1.165, 1.54) is 32.1 Å². The van der Waals surface area contributed by atoms with Gasteiger partial charge in [-0.15, -0.1) is 0 Å². The summed E-state index contributed by atoms with van der Waals surface area (Å²) in [5.41, 5.74) is 0.890. The number of fused-ring (bicyclic) bond motifs is 2. The molecule has 2 nitrogen and oxygen atoms in total. The quantitative estimate of drug-likeness (QED) is 0.768. The lowest BCUT2D eigenvalue weighted by atomic mass is 9.55. The van der Waals surface area contributed by atoms with Crippen LogP contribution < -0.4 is 0 Å². The number of aliphatic hydroxyl groups excluding tert-OH is 1. The minimum atomic E-state index is 0.306. The van der Waals surface area contributed by atoms with Gasteiger partial charge in [0.2, 0.25) is 0 Å². The normalized spacial score (nSPS) is 45.0. The van der Waals surface area contributed by atoms with Gasteiger partial charge in [-0.25, -0.2) is 0 Å². The fraction of sp³-hybridized carbons (Fsp3) is 1.00. The average molecular weight is 254 g/mol. The van der Waals surface area contributed by atoms with E-state index in [0.29, 0.717) is 17.6 Å². The largest absolute Gasteiger partial charge is 0.391 e. The van der Waals surface area contributed by atoms with Crippen LogP contribution in [0.3, 0.4) is 0 Å². The van der Waals surface area contributed by atoms with Crippen molar-refractivity contribution in [1.29, 1.82) is 0 Å². The molecule has 0 amide bonds. The second-order valence-electron chi connectivity index (χ2n) is 8.44. The maximum atomic E-state index is 9.34. The molecule has 2 fully saturated rings. The van der Waals surface area contributed by atoms with Crippen molar-refractivity contribution in [3.8, 4) is 0 Å². The van der Waals surface area contributed by atoms with Crippen LogP contribution in [0.15, 0.2) is 0 Å². The zero-order valence-corrected chi connectivity index (χ0v) is 13.0. The van der Waals surface area contributed by atoms with Gasteiger partial charge in [0.15, 0.2) is 0 Å². The summed E-state index contributed by atoms with van der Waals surface area (Å²) in [6.45, 7) is 8.59. The lowest BCUT2D eigenvalue weighted by Gasteiger charge is -2.58. The van der Waals surface area contributed by atoms with E-state index in [0.717, 1.165) is 22.9 Å². The Kier molecular flexibility index (Phi) is 3.57. The molecule has 0 aromatic heterocycles. The molecule has 4 unspecified atom stereocenters. The van der Waals surface area contributed by atoms with Crippen molar-refractivity contribution in [3.63, 3.8) is 0 Å². The van der Waals surface area contributed by atoms with Crippen LogP contribution in [0.25, 0.3) is 0 Å². The Bertz CT molecular complexity index is 310. The summed E-state index contributed by atoms with van der Waals surface area (Å²) < 4.78 is 0.976. The smallest absolute Gasteiger partial charge is 0.102 e. The zero-order chi connectivity index (χ0) is 13.6. The van der Waals surface area contributed by atoms with E-state index in [1.54, 1.807) is 0 Å². The minimum absolute atomic E-state index is 0.306. The van der Waals surface area contributed by atoms with E-state index in [4.69, 9.17) is 0 Å². The Labute approximate surface area is 113 Å². The summed E-state index contributed by atoms with van der Waals surface area (Å²) in [5, 5.41) is 9.34. The molecule has 0 saturated heterocycles. The molecule has 2 heteroatoms. The summed E-state index contributed by atoms with van der Waals surface area (Å²) in [5.74, 6) is 1.82. The Balaban J connectivity index is 2.21. The van der Waals surface area contributed by atoms with E-state index in [9.17, 15) is 5.11 Å². The molecular formula is C16H32NO+. The van der Waals surface area contributed by atoms with Crippen LogP contribution in [0.2, 0.25) is 0 Å².